The van der Waals surface area contributed by atoms with Gasteiger partial charge in [-0.3, -0.25) is 4.84 Å². The molecule has 0 saturated heterocycles. The van der Waals surface area contributed by atoms with Crippen LogP contribution in [-0.4, -0.2) is 29.4 Å². The molecule has 8 heteroatoms. The second-order valence-corrected chi connectivity index (χ2v) is 10.5. The van der Waals surface area contributed by atoms with Crippen LogP contribution in [0.4, 0.5) is 13.2 Å². The zero-order valence-electron chi connectivity index (χ0n) is 23.9. The summed E-state index contributed by atoms with van der Waals surface area (Å²) in [6, 6.07) is 16.5. The highest BCUT2D eigenvalue weighted by Crippen LogP contribution is 2.31. The Labute approximate surface area is 241 Å². The summed E-state index contributed by atoms with van der Waals surface area (Å²) in [7, 11) is 0. The van der Waals surface area contributed by atoms with Gasteiger partial charge in [-0.05, 0) is 41.1 Å². The Bertz CT molecular complexity index is 1200. The summed E-state index contributed by atoms with van der Waals surface area (Å²) in [5.74, 6) is -0.344. The Morgan fingerprint density at radius 2 is 1.39 bits per heavy atom. The third kappa shape index (κ3) is 11.4. The maximum absolute atomic E-state index is 13.0. The standard InChI is InChI=1S/C33H42F3NO4/c1-2-3-4-5-6-7-8-9-10-13-22-40-31-21-18-27(29-14-11-12-15-30(29)31)24-37(41-25-32(38)39)23-26-16-19-28(20-17-26)33(34,35)36/h11-12,14-21H,2-10,13,22-25H2,1H3,(H,38,39). The molecule has 0 aliphatic heterocycles. The quantitative estimate of drug-likeness (QED) is 0.114. The van der Waals surface area contributed by atoms with Crippen LogP contribution in [0.15, 0.2) is 60.7 Å². The lowest BCUT2D eigenvalue weighted by molar-refractivity contribution is -0.189. The number of carboxylic acids is 1. The van der Waals surface area contributed by atoms with Crippen LogP contribution in [0.25, 0.3) is 10.8 Å². The van der Waals surface area contributed by atoms with Crippen molar-refractivity contribution in [2.24, 2.45) is 0 Å². The van der Waals surface area contributed by atoms with Gasteiger partial charge in [-0.15, -0.1) is 0 Å². The second kappa shape index (κ2) is 17.0. The molecule has 0 amide bonds. The van der Waals surface area contributed by atoms with Crippen LogP contribution in [-0.2, 0) is 28.9 Å². The van der Waals surface area contributed by atoms with Gasteiger partial charge in [-0.1, -0.05) is 107 Å². The molecule has 0 aromatic heterocycles. The van der Waals surface area contributed by atoms with E-state index in [0.717, 1.165) is 47.1 Å². The van der Waals surface area contributed by atoms with Crippen molar-refractivity contribution in [3.63, 3.8) is 0 Å². The topological polar surface area (TPSA) is 59.0 Å². The first-order chi connectivity index (χ1) is 19.8. The number of ether oxygens (including phenoxy) is 1. The summed E-state index contributed by atoms with van der Waals surface area (Å²) in [5.41, 5.74) is 0.729. The molecule has 0 bridgehead atoms. The van der Waals surface area contributed by atoms with Gasteiger partial charge < -0.3 is 9.84 Å². The Morgan fingerprint density at radius 3 is 2.00 bits per heavy atom. The fourth-order valence-electron chi connectivity index (χ4n) is 4.86. The largest absolute Gasteiger partial charge is 0.493 e. The molecule has 0 heterocycles. The maximum Gasteiger partial charge on any atom is 0.416 e. The molecule has 0 atom stereocenters. The SMILES string of the molecule is CCCCCCCCCCCCOc1ccc(CN(Cc2ccc(C(F)(F)F)cc2)OCC(=O)O)c2ccccc12. The average molecular weight is 574 g/mol. The minimum atomic E-state index is -4.42. The molecule has 0 aliphatic rings. The highest BCUT2D eigenvalue weighted by Gasteiger charge is 2.30. The Morgan fingerprint density at radius 1 is 0.780 bits per heavy atom. The maximum atomic E-state index is 13.0. The number of hydroxylamine groups is 2. The zero-order chi connectivity index (χ0) is 29.5. The van der Waals surface area contributed by atoms with Crippen LogP contribution in [0.2, 0.25) is 0 Å². The third-order valence-corrected chi connectivity index (χ3v) is 7.09. The number of carboxylic acid groups (broad SMARTS) is 1. The van der Waals surface area contributed by atoms with Gasteiger partial charge in [0.1, 0.15) is 5.75 Å². The molecule has 3 aromatic rings. The first-order valence-corrected chi connectivity index (χ1v) is 14.7. The molecule has 3 rings (SSSR count). The van der Waals surface area contributed by atoms with Crippen LogP contribution in [0.5, 0.6) is 5.75 Å². The number of halogens is 3. The lowest BCUT2D eigenvalue weighted by Gasteiger charge is -2.23. The van der Waals surface area contributed by atoms with Gasteiger partial charge in [0.2, 0.25) is 0 Å². The number of unbranched alkanes of at least 4 members (excludes halogenated alkanes) is 9. The number of carbonyl (C=O) groups is 1. The second-order valence-electron chi connectivity index (χ2n) is 10.5. The van der Waals surface area contributed by atoms with E-state index in [9.17, 15) is 18.0 Å². The Kier molecular flexibility index (Phi) is 13.4. The summed E-state index contributed by atoms with van der Waals surface area (Å²) in [4.78, 5) is 16.7. The summed E-state index contributed by atoms with van der Waals surface area (Å²) in [5, 5.41) is 12.5. The molecule has 0 saturated carbocycles. The van der Waals surface area contributed by atoms with Crippen LogP contribution in [0, 0.1) is 0 Å². The minimum Gasteiger partial charge on any atom is -0.493 e. The number of alkyl halides is 3. The van der Waals surface area contributed by atoms with Gasteiger partial charge in [0.25, 0.3) is 0 Å². The van der Waals surface area contributed by atoms with Crippen LogP contribution in [0.3, 0.4) is 0 Å². The van der Waals surface area contributed by atoms with E-state index in [1.807, 2.05) is 36.4 Å². The first kappa shape index (κ1) is 32.4. The molecule has 1 N–H and O–H groups in total. The summed E-state index contributed by atoms with van der Waals surface area (Å²) >= 11 is 0. The monoisotopic (exact) mass is 573 g/mol. The molecule has 3 aromatic carbocycles. The van der Waals surface area contributed by atoms with Gasteiger partial charge in [0, 0.05) is 11.9 Å². The lowest BCUT2D eigenvalue weighted by atomic mass is 10.0. The van der Waals surface area contributed by atoms with Crippen molar-refractivity contribution >= 4 is 16.7 Å². The van der Waals surface area contributed by atoms with E-state index in [-0.39, 0.29) is 13.1 Å². The van der Waals surface area contributed by atoms with E-state index < -0.39 is 24.3 Å². The summed E-state index contributed by atoms with van der Waals surface area (Å²) in [6.45, 7) is 2.69. The van der Waals surface area contributed by atoms with E-state index in [0.29, 0.717) is 12.2 Å². The molecule has 0 unspecified atom stereocenters. The van der Waals surface area contributed by atoms with E-state index in [2.05, 4.69) is 6.92 Å². The highest BCUT2D eigenvalue weighted by molar-refractivity contribution is 5.91. The molecule has 0 aliphatic carbocycles. The van der Waals surface area contributed by atoms with Crippen molar-refractivity contribution < 1.29 is 32.6 Å². The Hall–Kier alpha value is -3.10. The van der Waals surface area contributed by atoms with Crippen molar-refractivity contribution in [1.82, 2.24) is 5.06 Å². The van der Waals surface area contributed by atoms with Crippen molar-refractivity contribution in [1.29, 1.82) is 0 Å². The predicted molar refractivity (Wildman–Crippen MR) is 156 cm³/mol. The molecule has 5 nitrogen and oxygen atoms in total. The van der Waals surface area contributed by atoms with E-state index in [4.69, 9.17) is 14.7 Å². The Balaban J connectivity index is 1.59. The average Bonchev–Trinajstić information content (AvgIpc) is 2.95. The number of nitrogens with zero attached hydrogens (tertiary/aromatic N) is 1. The molecule has 0 radical (unpaired) electrons. The molecule has 0 fully saturated rings. The van der Waals surface area contributed by atoms with Gasteiger partial charge in [-0.2, -0.15) is 18.2 Å². The number of fused-ring (bicyclic) bond motifs is 1. The highest BCUT2D eigenvalue weighted by atomic mass is 19.4. The van der Waals surface area contributed by atoms with Gasteiger partial charge in [-0.25, -0.2) is 4.79 Å². The molecule has 41 heavy (non-hydrogen) atoms. The zero-order valence-corrected chi connectivity index (χ0v) is 23.9. The van der Waals surface area contributed by atoms with E-state index >= 15 is 0 Å². The predicted octanol–water partition coefficient (Wildman–Crippen LogP) is 9.18. The number of hydrogen-bond acceptors (Lipinski definition) is 4. The van der Waals surface area contributed by atoms with E-state index in [1.165, 1.54) is 68.6 Å². The van der Waals surface area contributed by atoms with E-state index in [1.54, 1.807) is 0 Å². The number of benzene rings is 3. The summed E-state index contributed by atoms with van der Waals surface area (Å²) < 4.78 is 45.0. The molecule has 0 spiro atoms. The van der Waals surface area contributed by atoms with Gasteiger partial charge in [0.05, 0.1) is 18.7 Å². The minimum absolute atomic E-state index is 0.122. The third-order valence-electron chi connectivity index (χ3n) is 7.09. The number of rotatable bonds is 19. The van der Waals surface area contributed by atoms with Crippen molar-refractivity contribution in [3.8, 4) is 5.75 Å². The summed E-state index contributed by atoms with van der Waals surface area (Å²) in [6.07, 6.45) is 8.17. The fourth-order valence-corrected chi connectivity index (χ4v) is 4.86. The van der Waals surface area contributed by atoms with Crippen LogP contribution < -0.4 is 4.74 Å². The fraction of sp³-hybridized carbons (Fsp3) is 0.485. The number of hydrogen-bond donors (Lipinski definition) is 1. The van der Waals surface area contributed by atoms with Crippen molar-refractivity contribution in [2.75, 3.05) is 13.2 Å². The smallest absolute Gasteiger partial charge is 0.416 e. The molecule has 224 valence electrons. The van der Waals surface area contributed by atoms with Crippen LogP contribution in [0.1, 0.15) is 87.8 Å². The van der Waals surface area contributed by atoms with Crippen molar-refractivity contribution in [3.05, 3.63) is 77.4 Å². The molecular weight excluding hydrogens is 531 g/mol. The lowest BCUT2D eigenvalue weighted by Crippen LogP contribution is -2.26. The van der Waals surface area contributed by atoms with Crippen molar-refractivity contribution in [2.45, 2.75) is 90.4 Å². The molecular formula is C33H42F3NO4. The first-order valence-electron chi connectivity index (χ1n) is 14.7. The van der Waals surface area contributed by atoms with Gasteiger partial charge in [0.15, 0.2) is 6.61 Å². The van der Waals surface area contributed by atoms with Gasteiger partial charge >= 0.3 is 12.1 Å². The van der Waals surface area contributed by atoms with Crippen LogP contribution >= 0.6 is 0 Å². The normalized spacial score (nSPS) is 11.8. The number of aliphatic carboxylic acids is 1.